The lowest BCUT2D eigenvalue weighted by molar-refractivity contribution is -0.150. The number of imidazole rings is 1. The number of β-lactam (4-membered cyclic amide) rings is 1. The molecule has 3 N–H and O–H groups in total. The maximum atomic E-state index is 13.0. The van der Waals surface area contributed by atoms with E-state index in [2.05, 4.69) is 15.3 Å². The number of likely N-dealkylation sites (tertiary alicyclic amines) is 1. The maximum absolute atomic E-state index is 13.0. The lowest BCUT2D eigenvalue weighted by atomic mass is 9.89. The van der Waals surface area contributed by atoms with Crippen LogP contribution in [-0.2, 0) is 19.2 Å². The average Bonchev–Trinajstić information content (AvgIpc) is 3.70. The summed E-state index contributed by atoms with van der Waals surface area (Å²) in [6.07, 6.45) is 13.4. The second-order valence-electron chi connectivity index (χ2n) is 10.7. The second-order valence-corrected chi connectivity index (χ2v) is 12.8. The van der Waals surface area contributed by atoms with Gasteiger partial charge in [0.2, 0.25) is 11.8 Å². The molecule has 4 heterocycles. The minimum atomic E-state index is -1.19. The second kappa shape index (κ2) is 14.1. The Hall–Kier alpha value is -3.51. The number of allylic oxidation sites excluding steroid dienone is 1. The maximum Gasteiger partial charge on any atom is 0.352 e. The standard InChI is InChI=1S/C27H31N3O5S2.C3H4N2/c31-21(16-36-20-9-5-2-6-10-20)28-22-25(33)30-23(27(34)35)19(15-37-26(22)30)13-18-11-12-29(24(18)32)14-17-7-3-1-4-8-17;1-2-5-3-4-1/h2,5-6,9-10,13,17,22,26H,1,3-4,7-8,11-12,14-16H2,(H,28,31)(H,34,35);1-3H,(H,4,5)/t22-,26-;/m1./s1. The van der Waals surface area contributed by atoms with Crippen molar-refractivity contribution in [3.05, 3.63) is 72.0 Å². The third-order valence-corrected chi connectivity index (χ3v) is 10.1. The minimum absolute atomic E-state index is 0.0223. The van der Waals surface area contributed by atoms with Crippen molar-refractivity contribution < 1.29 is 24.3 Å². The Kier molecular flexibility index (Phi) is 10.1. The zero-order valence-electron chi connectivity index (χ0n) is 23.2. The number of thioether (sulfide) groups is 2. The highest BCUT2D eigenvalue weighted by Crippen LogP contribution is 2.41. The number of aromatic amines is 1. The van der Waals surface area contributed by atoms with Gasteiger partial charge in [-0.1, -0.05) is 37.5 Å². The number of rotatable bonds is 8. The highest BCUT2D eigenvalue weighted by atomic mass is 32.2. The fourth-order valence-electron chi connectivity index (χ4n) is 5.72. The number of amides is 3. The molecule has 42 heavy (non-hydrogen) atoms. The molecule has 2 atom stereocenters. The highest BCUT2D eigenvalue weighted by molar-refractivity contribution is 8.00. The molecule has 10 nitrogen and oxygen atoms in total. The van der Waals surface area contributed by atoms with Gasteiger partial charge in [-0.15, -0.1) is 23.5 Å². The first kappa shape index (κ1) is 30.0. The molecular weight excluding hydrogens is 574 g/mol. The van der Waals surface area contributed by atoms with Crippen molar-refractivity contribution in [2.24, 2.45) is 5.92 Å². The quantitative estimate of drug-likeness (QED) is 0.234. The SMILES string of the molecule is O=C(CSc1ccccc1)N[C@@H]1C(=O)N2C(C(=O)O)=C(C=C3CCN(CC4CCCCC4)C3=O)CS[C@H]12.c1c[nH]cn1. The molecule has 0 radical (unpaired) electrons. The van der Waals surface area contributed by atoms with Crippen molar-refractivity contribution >= 4 is 47.2 Å². The predicted molar refractivity (Wildman–Crippen MR) is 161 cm³/mol. The van der Waals surface area contributed by atoms with Crippen molar-refractivity contribution in [2.45, 2.75) is 54.8 Å². The highest BCUT2D eigenvalue weighted by Gasteiger charge is 2.54. The summed E-state index contributed by atoms with van der Waals surface area (Å²) in [6, 6.07) is 8.76. The summed E-state index contributed by atoms with van der Waals surface area (Å²) >= 11 is 2.80. The van der Waals surface area contributed by atoms with E-state index in [1.165, 1.54) is 47.7 Å². The molecule has 0 spiro atoms. The number of carboxylic acids is 1. The summed E-state index contributed by atoms with van der Waals surface area (Å²) in [5, 5.41) is 12.3. The van der Waals surface area contributed by atoms with E-state index in [0.717, 1.165) is 24.3 Å². The molecule has 3 aliphatic heterocycles. The summed E-state index contributed by atoms with van der Waals surface area (Å²) in [7, 11) is 0. The summed E-state index contributed by atoms with van der Waals surface area (Å²) in [4.78, 5) is 61.2. The number of hydrogen-bond donors (Lipinski definition) is 3. The first-order chi connectivity index (χ1) is 20.4. The van der Waals surface area contributed by atoms with Gasteiger partial charge in [0, 0.05) is 41.7 Å². The topological polar surface area (TPSA) is 136 Å². The van der Waals surface area contributed by atoms with E-state index in [1.807, 2.05) is 35.2 Å². The van der Waals surface area contributed by atoms with Gasteiger partial charge in [-0.05, 0) is 49.0 Å². The molecule has 12 heteroatoms. The molecule has 1 aliphatic carbocycles. The summed E-state index contributed by atoms with van der Waals surface area (Å²) in [6.45, 7) is 1.43. The lowest BCUT2D eigenvalue weighted by Gasteiger charge is -2.49. The third-order valence-electron chi connectivity index (χ3n) is 7.80. The number of aromatic nitrogens is 2. The normalized spacial score (nSPS) is 23.3. The van der Waals surface area contributed by atoms with Gasteiger partial charge in [-0.3, -0.25) is 19.3 Å². The van der Waals surface area contributed by atoms with Crippen molar-refractivity contribution in [2.75, 3.05) is 24.6 Å². The average molecular weight is 610 g/mol. The number of benzene rings is 1. The van der Waals surface area contributed by atoms with Gasteiger partial charge in [0.15, 0.2) is 0 Å². The summed E-state index contributed by atoms with van der Waals surface area (Å²) < 4.78 is 0. The molecule has 0 bridgehead atoms. The zero-order chi connectivity index (χ0) is 29.5. The van der Waals surface area contributed by atoms with Crippen LogP contribution >= 0.6 is 23.5 Å². The molecular formula is C30H35N5O5S2. The van der Waals surface area contributed by atoms with Crippen LogP contribution in [0.1, 0.15) is 38.5 Å². The van der Waals surface area contributed by atoms with Gasteiger partial charge in [0.1, 0.15) is 17.1 Å². The Balaban J connectivity index is 0.000000639. The molecule has 1 aromatic heterocycles. The van der Waals surface area contributed by atoms with E-state index in [9.17, 15) is 24.3 Å². The van der Waals surface area contributed by atoms with E-state index in [-0.39, 0.29) is 23.3 Å². The van der Waals surface area contributed by atoms with Crippen LogP contribution in [0.25, 0.3) is 0 Å². The number of carbonyl (C=O) groups excluding carboxylic acids is 3. The molecule has 0 unspecified atom stereocenters. The Morgan fingerprint density at radius 2 is 1.95 bits per heavy atom. The van der Waals surface area contributed by atoms with E-state index in [4.69, 9.17) is 0 Å². The van der Waals surface area contributed by atoms with Crippen LogP contribution in [-0.4, -0.2) is 84.6 Å². The van der Waals surface area contributed by atoms with Gasteiger partial charge in [0.25, 0.3) is 5.91 Å². The Labute approximate surface area is 253 Å². The first-order valence-electron chi connectivity index (χ1n) is 14.2. The number of fused-ring (bicyclic) bond motifs is 1. The fraction of sp³-hybridized carbons (Fsp3) is 0.433. The minimum Gasteiger partial charge on any atom is -0.477 e. The van der Waals surface area contributed by atoms with Crippen molar-refractivity contribution in [1.29, 1.82) is 0 Å². The number of H-pyrrole nitrogens is 1. The number of nitrogens with one attached hydrogen (secondary N) is 2. The Morgan fingerprint density at radius 3 is 2.62 bits per heavy atom. The number of aliphatic carboxylic acids is 1. The number of carboxylic acid groups (broad SMARTS) is 1. The number of carbonyl (C=O) groups is 4. The molecule has 3 amide bonds. The molecule has 2 saturated heterocycles. The molecule has 222 valence electrons. The van der Waals surface area contributed by atoms with E-state index < -0.39 is 23.3 Å². The zero-order valence-corrected chi connectivity index (χ0v) is 24.9. The predicted octanol–water partition coefficient (Wildman–Crippen LogP) is 3.67. The molecule has 1 aromatic carbocycles. The van der Waals surface area contributed by atoms with Crippen LogP contribution < -0.4 is 5.32 Å². The van der Waals surface area contributed by atoms with Crippen molar-refractivity contribution in [1.82, 2.24) is 25.1 Å². The van der Waals surface area contributed by atoms with Gasteiger partial charge in [-0.2, -0.15) is 0 Å². The molecule has 2 aromatic rings. The van der Waals surface area contributed by atoms with Gasteiger partial charge >= 0.3 is 5.97 Å². The van der Waals surface area contributed by atoms with E-state index in [1.54, 1.807) is 24.8 Å². The monoisotopic (exact) mass is 609 g/mol. The van der Waals surface area contributed by atoms with E-state index >= 15 is 0 Å². The molecule has 4 aliphatic rings. The molecule has 6 rings (SSSR count). The van der Waals surface area contributed by atoms with Gasteiger partial charge < -0.3 is 20.3 Å². The van der Waals surface area contributed by atoms with Crippen LogP contribution in [0.15, 0.2) is 76.9 Å². The van der Waals surface area contributed by atoms with Crippen LogP contribution in [0.4, 0.5) is 0 Å². The van der Waals surface area contributed by atoms with Crippen LogP contribution in [0.3, 0.4) is 0 Å². The molecule has 1 saturated carbocycles. The Morgan fingerprint density at radius 1 is 1.17 bits per heavy atom. The van der Waals surface area contributed by atoms with Crippen LogP contribution in [0.5, 0.6) is 0 Å². The summed E-state index contributed by atoms with van der Waals surface area (Å²) in [5.74, 6) is -0.834. The lowest BCUT2D eigenvalue weighted by Crippen LogP contribution is -2.70. The molecule has 3 fully saturated rings. The first-order valence-corrected chi connectivity index (χ1v) is 16.3. The summed E-state index contributed by atoms with van der Waals surface area (Å²) in [5.41, 5.74) is 1.01. The number of nitrogens with zero attached hydrogens (tertiary/aromatic N) is 3. The van der Waals surface area contributed by atoms with Crippen LogP contribution in [0.2, 0.25) is 0 Å². The fourth-order valence-corrected chi connectivity index (χ4v) is 7.75. The smallest absolute Gasteiger partial charge is 0.352 e. The number of hydrogen-bond acceptors (Lipinski definition) is 7. The Bertz CT molecular complexity index is 1320. The van der Waals surface area contributed by atoms with Crippen molar-refractivity contribution in [3.63, 3.8) is 0 Å². The van der Waals surface area contributed by atoms with E-state index in [0.29, 0.717) is 35.8 Å². The van der Waals surface area contributed by atoms with Gasteiger partial charge in [-0.25, -0.2) is 9.78 Å². The van der Waals surface area contributed by atoms with Crippen molar-refractivity contribution in [3.8, 4) is 0 Å². The van der Waals surface area contributed by atoms with Gasteiger partial charge in [0.05, 0.1) is 12.1 Å². The third kappa shape index (κ3) is 7.09. The van der Waals surface area contributed by atoms with Crippen LogP contribution in [0, 0.1) is 5.92 Å². The largest absolute Gasteiger partial charge is 0.477 e.